The van der Waals surface area contributed by atoms with E-state index < -0.39 is 0 Å². The fourth-order valence-corrected chi connectivity index (χ4v) is 2.24. The van der Waals surface area contributed by atoms with E-state index in [0.717, 1.165) is 22.3 Å². The minimum atomic E-state index is -0.191. The van der Waals surface area contributed by atoms with Gasteiger partial charge >= 0.3 is 0 Å². The molecule has 0 radical (unpaired) electrons. The van der Waals surface area contributed by atoms with Gasteiger partial charge in [0.05, 0.1) is 0 Å². The van der Waals surface area contributed by atoms with Gasteiger partial charge in [-0.15, -0.1) is 0 Å². The zero-order valence-corrected chi connectivity index (χ0v) is 8.81. The van der Waals surface area contributed by atoms with Crippen molar-refractivity contribution < 1.29 is 20.4 Å². The Morgan fingerprint density at radius 3 is 1.35 bits per heavy atom. The van der Waals surface area contributed by atoms with Crippen LogP contribution in [0.2, 0.25) is 0 Å². The molecule has 0 amide bonds. The van der Waals surface area contributed by atoms with Crippen LogP contribution in [0.5, 0.6) is 23.0 Å². The van der Waals surface area contributed by atoms with Crippen LogP contribution in [-0.4, -0.2) is 20.4 Å². The van der Waals surface area contributed by atoms with Crippen molar-refractivity contribution in [3.63, 3.8) is 0 Å². The van der Waals surface area contributed by atoms with Gasteiger partial charge in [0, 0.05) is 0 Å². The van der Waals surface area contributed by atoms with Crippen molar-refractivity contribution in [1.29, 1.82) is 0 Å². The number of hydrogen-bond donors (Lipinski definition) is 4. The summed E-state index contributed by atoms with van der Waals surface area (Å²) >= 11 is 0. The fourth-order valence-electron chi connectivity index (χ4n) is 2.24. The summed E-state index contributed by atoms with van der Waals surface area (Å²) in [7, 11) is 0. The highest BCUT2D eigenvalue weighted by Gasteiger charge is 2.22. The normalized spacial score (nSPS) is 12.2. The van der Waals surface area contributed by atoms with Crippen molar-refractivity contribution >= 4 is 0 Å². The molecule has 0 spiro atoms. The van der Waals surface area contributed by atoms with Gasteiger partial charge in [-0.25, -0.2) is 0 Å². The highest BCUT2D eigenvalue weighted by molar-refractivity contribution is 5.81. The minimum Gasteiger partial charge on any atom is -0.504 e. The molecule has 17 heavy (non-hydrogen) atoms. The van der Waals surface area contributed by atoms with Crippen LogP contribution >= 0.6 is 0 Å². The Bertz CT molecular complexity index is 576. The van der Waals surface area contributed by atoms with Gasteiger partial charge in [0.2, 0.25) is 0 Å². The molecule has 4 nitrogen and oxygen atoms in total. The molecule has 0 aliphatic heterocycles. The maximum Gasteiger partial charge on any atom is 0.158 e. The second-order valence-electron chi connectivity index (χ2n) is 4.17. The van der Waals surface area contributed by atoms with E-state index >= 15 is 0 Å². The van der Waals surface area contributed by atoms with Crippen molar-refractivity contribution in [2.24, 2.45) is 0 Å². The molecular weight excluding hydrogens is 220 g/mol. The smallest absolute Gasteiger partial charge is 0.158 e. The molecule has 0 saturated heterocycles. The van der Waals surface area contributed by atoms with E-state index in [0.29, 0.717) is 6.42 Å². The lowest BCUT2D eigenvalue weighted by atomic mass is 10.0. The monoisotopic (exact) mass is 230 g/mol. The fraction of sp³-hybridized carbons (Fsp3) is 0.0769. The van der Waals surface area contributed by atoms with E-state index in [1.54, 1.807) is 0 Å². The van der Waals surface area contributed by atoms with Crippen molar-refractivity contribution in [3.05, 3.63) is 35.4 Å². The van der Waals surface area contributed by atoms with Gasteiger partial charge in [-0.3, -0.25) is 0 Å². The van der Waals surface area contributed by atoms with Gasteiger partial charge < -0.3 is 20.4 Å². The van der Waals surface area contributed by atoms with Gasteiger partial charge in [-0.2, -0.15) is 0 Å². The molecule has 1 aliphatic carbocycles. The van der Waals surface area contributed by atoms with E-state index in [-0.39, 0.29) is 23.0 Å². The summed E-state index contributed by atoms with van der Waals surface area (Å²) in [6.45, 7) is 0. The van der Waals surface area contributed by atoms with Crippen molar-refractivity contribution in [1.82, 2.24) is 0 Å². The Kier molecular flexibility index (Phi) is 1.78. The summed E-state index contributed by atoms with van der Waals surface area (Å²) in [4.78, 5) is 0. The van der Waals surface area contributed by atoms with Crippen molar-refractivity contribution in [2.75, 3.05) is 0 Å². The van der Waals surface area contributed by atoms with E-state index in [1.807, 2.05) is 0 Å². The zero-order valence-electron chi connectivity index (χ0n) is 8.81. The molecule has 2 aromatic carbocycles. The van der Waals surface area contributed by atoms with Crippen LogP contribution in [0.25, 0.3) is 11.1 Å². The van der Waals surface area contributed by atoms with Crippen LogP contribution in [0.4, 0.5) is 0 Å². The molecular formula is C13H10O4. The highest BCUT2D eigenvalue weighted by Crippen LogP contribution is 2.45. The Balaban J connectivity index is 2.27. The molecule has 2 aromatic rings. The number of benzene rings is 2. The first-order valence-corrected chi connectivity index (χ1v) is 5.16. The molecule has 86 valence electrons. The highest BCUT2D eigenvalue weighted by atomic mass is 16.3. The quantitative estimate of drug-likeness (QED) is 0.446. The third-order valence-electron chi connectivity index (χ3n) is 3.07. The molecule has 3 rings (SSSR count). The number of rotatable bonds is 0. The van der Waals surface area contributed by atoms with E-state index in [9.17, 15) is 20.4 Å². The second kappa shape index (κ2) is 3.07. The van der Waals surface area contributed by atoms with Gasteiger partial charge in [-0.05, 0) is 52.9 Å². The predicted octanol–water partition coefficient (Wildman–Crippen LogP) is 2.08. The molecule has 0 bridgehead atoms. The lowest BCUT2D eigenvalue weighted by Gasteiger charge is -2.05. The van der Waals surface area contributed by atoms with E-state index in [2.05, 4.69) is 0 Å². The average molecular weight is 230 g/mol. The summed E-state index contributed by atoms with van der Waals surface area (Å²) in [5.74, 6) is -0.705. The average Bonchev–Trinajstić information content (AvgIpc) is 2.58. The van der Waals surface area contributed by atoms with Gasteiger partial charge in [0.1, 0.15) is 0 Å². The number of fused-ring (bicyclic) bond motifs is 3. The Morgan fingerprint density at radius 1 is 0.588 bits per heavy atom. The molecule has 4 heteroatoms. The minimum absolute atomic E-state index is 0.162. The number of aromatic hydroxyl groups is 4. The van der Waals surface area contributed by atoms with Crippen LogP contribution in [0.3, 0.4) is 0 Å². The zero-order chi connectivity index (χ0) is 12.2. The standard InChI is InChI=1S/C13H10O4/c14-10-2-6-1-7-3-11(15)13(17)5-9(7)8(6)4-12(10)16/h2-5,14-17H,1H2. The van der Waals surface area contributed by atoms with Crippen LogP contribution in [0.15, 0.2) is 24.3 Å². The Labute approximate surface area is 97.0 Å². The summed E-state index contributed by atoms with van der Waals surface area (Å²) in [6.07, 6.45) is 0.562. The van der Waals surface area contributed by atoms with Crippen LogP contribution in [-0.2, 0) is 6.42 Å². The molecule has 0 heterocycles. The topological polar surface area (TPSA) is 80.9 Å². The maximum absolute atomic E-state index is 9.47. The van der Waals surface area contributed by atoms with Crippen LogP contribution in [0.1, 0.15) is 11.1 Å². The third kappa shape index (κ3) is 1.30. The number of phenols is 4. The lowest BCUT2D eigenvalue weighted by molar-refractivity contribution is 0.403. The largest absolute Gasteiger partial charge is 0.504 e. The Morgan fingerprint density at radius 2 is 0.941 bits per heavy atom. The molecule has 0 aromatic heterocycles. The summed E-state index contributed by atoms with van der Waals surface area (Å²) in [5.41, 5.74) is 3.26. The van der Waals surface area contributed by atoms with Gasteiger partial charge in [0.15, 0.2) is 23.0 Å². The van der Waals surface area contributed by atoms with Gasteiger partial charge in [-0.1, -0.05) is 0 Å². The van der Waals surface area contributed by atoms with Crippen LogP contribution in [0, 0.1) is 0 Å². The lowest BCUT2D eigenvalue weighted by Crippen LogP contribution is -1.80. The van der Waals surface area contributed by atoms with Crippen molar-refractivity contribution in [3.8, 4) is 34.1 Å². The number of phenolic OH excluding ortho intramolecular Hbond substituents is 4. The summed E-state index contributed by atoms with van der Waals surface area (Å²) < 4.78 is 0. The molecule has 4 N–H and O–H groups in total. The second-order valence-corrected chi connectivity index (χ2v) is 4.17. The maximum atomic E-state index is 9.47. The first-order valence-electron chi connectivity index (χ1n) is 5.16. The van der Waals surface area contributed by atoms with E-state index in [4.69, 9.17) is 0 Å². The molecule has 1 aliphatic rings. The first kappa shape index (κ1) is 9.84. The van der Waals surface area contributed by atoms with Crippen molar-refractivity contribution in [2.45, 2.75) is 6.42 Å². The van der Waals surface area contributed by atoms with Gasteiger partial charge in [0.25, 0.3) is 0 Å². The molecule has 0 fully saturated rings. The SMILES string of the molecule is Oc1cc2c(cc1O)-c1cc(O)c(O)cc1C2. The predicted molar refractivity (Wildman–Crippen MR) is 61.3 cm³/mol. The molecule has 0 unspecified atom stereocenters. The third-order valence-corrected chi connectivity index (χ3v) is 3.07. The number of hydrogen-bond acceptors (Lipinski definition) is 4. The van der Waals surface area contributed by atoms with E-state index in [1.165, 1.54) is 24.3 Å². The summed E-state index contributed by atoms with van der Waals surface area (Å²) in [5, 5.41) is 37.8. The molecule has 0 atom stereocenters. The Hall–Kier alpha value is -2.36. The summed E-state index contributed by atoms with van der Waals surface area (Å²) in [6, 6.07) is 5.93. The first-order chi connectivity index (χ1) is 8.06. The van der Waals surface area contributed by atoms with Crippen LogP contribution < -0.4 is 0 Å². The molecule has 0 saturated carbocycles.